The molecule has 0 aliphatic carbocycles. The van der Waals surface area contributed by atoms with Gasteiger partial charge in [0.2, 0.25) is 0 Å². The van der Waals surface area contributed by atoms with E-state index in [0.717, 1.165) is 34.0 Å². The van der Waals surface area contributed by atoms with Crippen LogP contribution in [0.5, 0.6) is 5.75 Å². The number of halogens is 1. The molecule has 0 saturated heterocycles. The number of methoxy groups -OCH3 is 1. The molecule has 2 aliphatic heterocycles. The first-order chi connectivity index (χ1) is 10.5. The average molecular weight is 320 g/mol. The lowest BCUT2D eigenvalue weighted by molar-refractivity contribution is 0.402. The number of amidine groups is 1. The minimum Gasteiger partial charge on any atom is -0.496 e. The maximum Gasteiger partial charge on any atom is 0.195 e. The molecule has 7 heteroatoms. The van der Waals surface area contributed by atoms with Gasteiger partial charge >= 0.3 is 0 Å². The first-order valence-electron chi connectivity index (χ1n) is 7.03. The molecule has 1 aromatic rings. The van der Waals surface area contributed by atoms with Crippen LogP contribution in [-0.2, 0) is 6.54 Å². The van der Waals surface area contributed by atoms with Crippen molar-refractivity contribution in [3.05, 3.63) is 34.7 Å². The van der Waals surface area contributed by atoms with Crippen LogP contribution in [0.1, 0.15) is 16.8 Å². The van der Waals surface area contributed by atoms with Gasteiger partial charge in [0.05, 0.1) is 24.9 Å². The summed E-state index contributed by atoms with van der Waals surface area (Å²) in [5, 5.41) is 0.422. The van der Waals surface area contributed by atoms with Crippen molar-refractivity contribution in [2.75, 3.05) is 13.7 Å². The van der Waals surface area contributed by atoms with E-state index in [2.05, 4.69) is 19.9 Å². The Kier molecular flexibility index (Phi) is 3.88. The number of hydrogen-bond donors (Lipinski definition) is 1. The van der Waals surface area contributed by atoms with E-state index < -0.39 is 6.29 Å². The standard InChI is InChI=1S/C15H18ClN5O/c1-8-6-18-11(9(2)12(8)22-3)7-21-5-4-10-13(16)19-15(17)20-14(10)21/h4,6,15H,5,7,17H2,1-3H3. The van der Waals surface area contributed by atoms with Crippen LogP contribution in [0.15, 0.2) is 27.8 Å². The van der Waals surface area contributed by atoms with Gasteiger partial charge in [0.1, 0.15) is 16.8 Å². The largest absolute Gasteiger partial charge is 0.496 e. The SMILES string of the molecule is COc1c(C)cnc(CN2CC=C3C(Cl)=NC(N)N=C32)c1C. The Bertz CT molecular complexity index is 710. The van der Waals surface area contributed by atoms with Crippen molar-refractivity contribution in [1.82, 2.24) is 9.88 Å². The molecule has 3 heterocycles. The predicted octanol–water partition coefficient (Wildman–Crippen LogP) is 1.74. The first-order valence-corrected chi connectivity index (χ1v) is 7.40. The Morgan fingerprint density at radius 2 is 2.18 bits per heavy atom. The Balaban J connectivity index is 1.87. The number of rotatable bonds is 3. The second-order valence-electron chi connectivity index (χ2n) is 5.33. The van der Waals surface area contributed by atoms with Crippen LogP contribution in [0.25, 0.3) is 0 Å². The van der Waals surface area contributed by atoms with Gasteiger partial charge in [-0.25, -0.2) is 9.98 Å². The number of ether oxygens (including phenoxy) is 1. The molecule has 0 saturated carbocycles. The second kappa shape index (κ2) is 5.70. The maximum atomic E-state index is 6.14. The van der Waals surface area contributed by atoms with Crippen molar-refractivity contribution in [3.8, 4) is 5.75 Å². The fourth-order valence-corrected chi connectivity index (χ4v) is 3.03. The van der Waals surface area contributed by atoms with Crippen molar-refractivity contribution in [2.24, 2.45) is 15.7 Å². The van der Waals surface area contributed by atoms with E-state index in [1.165, 1.54) is 0 Å². The molecule has 0 amide bonds. The molecule has 116 valence electrons. The Labute approximate surface area is 134 Å². The van der Waals surface area contributed by atoms with Crippen LogP contribution in [0.4, 0.5) is 0 Å². The third kappa shape index (κ3) is 2.48. The van der Waals surface area contributed by atoms with Crippen LogP contribution in [0.2, 0.25) is 0 Å². The van der Waals surface area contributed by atoms with E-state index in [-0.39, 0.29) is 0 Å². The number of aromatic nitrogens is 1. The highest BCUT2D eigenvalue weighted by Crippen LogP contribution is 2.27. The zero-order valence-corrected chi connectivity index (χ0v) is 13.6. The summed E-state index contributed by atoms with van der Waals surface area (Å²) in [6.45, 7) is 5.34. The van der Waals surface area contributed by atoms with Gasteiger partial charge in [0, 0.05) is 23.9 Å². The number of nitrogens with two attached hydrogens (primary N) is 1. The van der Waals surface area contributed by atoms with E-state index in [9.17, 15) is 0 Å². The Morgan fingerprint density at radius 1 is 1.41 bits per heavy atom. The predicted molar refractivity (Wildman–Crippen MR) is 87.5 cm³/mol. The smallest absolute Gasteiger partial charge is 0.195 e. The molecule has 1 atom stereocenters. The molecule has 0 fully saturated rings. The van der Waals surface area contributed by atoms with Crippen LogP contribution in [0, 0.1) is 13.8 Å². The number of aliphatic imine (C=N–C) groups is 2. The summed E-state index contributed by atoms with van der Waals surface area (Å²) in [5.41, 5.74) is 9.64. The number of hydrogen-bond acceptors (Lipinski definition) is 6. The summed E-state index contributed by atoms with van der Waals surface area (Å²) in [5.74, 6) is 1.66. The molecule has 0 bridgehead atoms. The van der Waals surface area contributed by atoms with Gasteiger partial charge in [-0.15, -0.1) is 0 Å². The topological polar surface area (TPSA) is 76.1 Å². The number of nitrogens with zero attached hydrogens (tertiary/aromatic N) is 4. The van der Waals surface area contributed by atoms with Crippen LogP contribution in [0.3, 0.4) is 0 Å². The highest BCUT2D eigenvalue weighted by atomic mass is 35.5. The second-order valence-corrected chi connectivity index (χ2v) is 5.69. The summed E-state index contributed by atoms with van der Waals surface area (Å²) in [6, 6.07) is 0. The zero-order valence-electron chi connectivity index (χ0n) is 12.8. The summed E-state index contributed by atoms with van der Waals surface area (Å²) in [6.07, 6.45) is 3.20. The van der Waals surface area contributed by atoms with Crippen LogP contribution >= 0.6 is 11.6 Å². The zero-order chi connectivity index (χ0) is 15.9. The molecule has 3 rings (SSSR count). The molecule has 1 unspecified atom stereocenters. The van der Waals surface area contributed by atoms with Crippen molar-refractivity contribution in [3.63, 3.8) is 0 Å². The van der Waals surface area contributed by atoms with E-state index in [1.807, 2.05) is 26.1 Å². The molecular formula is C15H18ClN5O. The van der Waals surface area contributed by atoms with Gasteiger partial charge in [0.25, 0.3) is 0 Å². The molecular weight excluding hydrogens is 302 g/mol. The molecule has 2 N–H and O–H groups in total. The summed E-state index contributed by atoms with van der Waals surface area (Å²) in [7, 11) is 1.68. The molecule has 0 radical (unpaired) electrons. The third-order valence-corrected chi connectivity index (χ3v) is 4.17. The lowest BCUT2D eigenvalue weighted by Crippen LogP contribution is -2.34. The van der Waals surface area contributed by atoms with Gasteiger partial charge in [-0.05, 0) is 13.8 Å². The highest BCUT2D eigenvalue weighted by molar-refractivity contribution is 6.73. The molecule has 2 aliphatic rings. The summed E-state index contributed by atoms with van der Waals surface area (Å²) < 4.78 is 5.46. The van der Waals surface area contributed by atoms with Crippen molar-refractivity contribution < 1.29 is 4.74 Å². The van der Waals surface area contributed by atoms with E-state index in [1.54, 1.807) is 7.11 Å². The van der Waals surface area contributed by atoms with E-state index in [4.69, 9.17) is 22.1 Å². The van der Waals surface area contributed by atoms with Gasteiger partial charge in [0.15, 0.2) is 6.29 Å². The molecule has 0 aromatic carbocycles. The molecule has 6 nitrogen and oxygen atoms in total. The maximum absolute atomic E-state index is 6.14. The molecule has 22 heavy (non-hydrogen) atoms. The molecule has 1 aromatic heterocycles. The average Bonchev–Trinajstić information content (AvgIpc) is 2.86. The first kappa shape index (κ1) is 15.0. The Morgan fingerprint density at radius 3 is 2.91 bits per heavy atom. The quantitative estimate of drug-likeness (QED) is 0.920. The summed E-state index contributed by atoms with van der Waals surface area (Å²) >= 11 is 6.14. The lowest BCUT2D eigenvalue weighted by atomic mass is 10.1. The van der Waals surface area contributed by atoms with Gasteiger partial charge < -0.3 is 9.64 Å². The minimum atomic E-state index is -0.637. The number of aryl methyl sites for hydroxylation is 1. The van der Waals surface area contributed by atoms with Crippen LogP contribution in [-0.4, -0.2) is 40.8 Å². The number of pyridine rings is 1. The van der Waals surface area contributed by atoms with E-state index in [0.29, 0.717) is 18.3 Å². The molecule has 0 spiro atoms. The van der Waals surface area contributed by atoms with Crippen molar-refractivity contribution in [2.45, 2.75) is 26.7 Å². The minimum absolute atomic E-state index is 0.422. The van der Waals surface area contributed by atoms with Crippen molar-refractivity contribution in [1.29, 1.82) is 0 Å². The fourth-order valence-electron chi connectivity index (χ4n) is 2.77. The Hall–Kier alpha value is -1.92. The number of fused-ring (bicyclic) bond motifs is 1. The lowest BCUT2D eigenvalue weighted by Gasteiger charge is -2.24. The van der Waals surface area contributed by atoms with E-state index >= 15 is 0 Å². The van der Waals surface area contributed by atoms with Crippen molar-refractivity contribution >= 4 is 22.6 Å². The van der Waals surface area contributed by atoms with Gasteiger partial charge in [-0.3, -0.25) is 10.7 Å². The highest BCUT2D eigenvalue weighted by Gasteiger charge is 2.29. The fraction of sp³-hybridized carbons (Fsp3) is 0.400. The normalized spacial score (nSPS) is 20.3. The third-order valence-electron chi connectivity index (χ3n) is 3.87. The van der Waals surface area contributed by atoms with Crippen LogP contribution < -0.4 is 10.5 Å². The monoisotopic (exact) mass is 319 g/mol. The van der Waals surface area contributed by atoms with Gasteiger partial charge in [-0.1, -0.05) is 17.7 Å². The van der Waals surface area contributed by atoms with Gasteiger partial charge in [-0.2, -0.15) is 0 Å². The summed E-state index contributed by atoms with van der Waals surface area (Å²) in [4.78, 5) is 15.1.